The fourth-order valence-electron chi connectivity index (χ4n) is 0.841. The van der Waals surface area contributed by atoms with Crippen LogP contribution in [-0.2, 0) is 0 Å². The van der Waals surface area contributed by atoms with Crippen molar-refractivity contribution in [3.63, 3.8) is 0 Å². The predicted molar refractivity (Wildman–Crippen MR) is 56.2 cm³/mol. The molecule has 0 spiro atoms. The van der Waals surface area contributed by atoms with Gasteiger partial charge in [-0.25, -0.2) is 0 Å². The molecular weight excluding hydrogens is 150 g/mol. The van der Waals surface area contributed by atoms with Gasteiger partial charge in [0, 0.05) is 25.7 Å². The van der Waals surface area contributed by atoms with Crippen LogP contribution in [0.5, 0.6) is 0 Å². The second-order valence-electron chi connectivity index (χ2n) is 2.72. The SMILES string of the molecule is CC.CCC(N)CN(C)CCN. The van der Waals surface area contributed by atoms with Gasteiger partial charge in [-0.1, -0.05) is 20.8 Å². The maximum Gasteiger partial charge on any atom is 0.0165 e. The van der Waals surface area contributed by atoms with Gasteiger partial charge in [-0.05, 0) is 13.5 Å². The third-order valence-corrected chi connectivity index (χ3v) is 1.58. The van der Waals surface area contributed by atoms with E-state index in [2.05, 4.69) is 11.8 Å². The van der Waals surface area contributed by atoms with Crippen molar-refractivity contribution in [3.05, 3.63) is 0 Å². The Labute approximate surface area is 77.1 Å². The van der Waals surface area contributed by atoms with Gasteiger partial charge in [0.2, 0.25) is 0 Å². The molecule has 0 aromatic rings. The van der Waals surface area contributed by atoms with E-state index in [1.54, 1.807) is 0 Å². The normalized spacial score (nSPS) is 12.2. The molecule has 1 unspecified atom stereocenters. The molecule has 3 heteroatoms. The standard InChI is InChI=1S/C7H19N3.C2H6/c1-3-7(9)6-10(2)5-4-8;1-2/h7H,3-6,8-9H2,1-2H3;1-2H3. The van der Waals surface area contributed by atoms with Crippen molar-refractivity contribution >= 4 is 0 Å². The molecule has 3 nitrogen and oxygen atoms in total. The molecule has 76 valence electrons. The van der Waals surface area contributed by atoms with E-state index < -0.39 is 0 Å². The summed E-state index contributed by atoms with van der Waals surface area (Å²) in [4.78, 5) is 2.16. The number of nitrogens with zero attached hydrogens (tertiary/aromatic N) is 1. The quantitative estimate of drug-likeness (QED) is 0.645. The first kappa shape index (κ1) is 14.4. The van der Waals surface area contributed by atoms with Gasteiger partial charge in [-0.2, -0.15) is 0 Å². The molecule has 12 heavy (non-hydrogen) atoms. The highest BCUT2D eigenvalue weighted by Gasteiger charge is 2.02. The average Bonchev–Trinajstić information content (AvgIpc) is 2.08. The van der Waals surface area contributed by atoms with E-state index in [0.717, 1.165) is 19.5 Å². The Kier molecular flexibility index (Phi) is 13.1. The molecule has 0 heterocycles. The predicted octanol–water partition coefficient (Wildman–Crippen LogP) is 0.640. The monoisotopic (exact) mass is 175 g/mol. The van der Waals surface area contributed by atoms with E-state index in [1.807, 2.05) is 20.9 Å². The van der Waals surface area contributed by atoms with E-state index in [9.17, 15) is 0 Å². The highest BCUT2D eigenvalue weighted by Crippen LogP contribution is 1.89. The molecule has 0 fully saturated rings. The first-order valence-corrected chi connectivity index (χ1v) is 4.84. The topological polar surface area (TPSA) is 55.3 Å². The lowest BCUT2D eigenvalue weighted by Crippen LogP contribution is -2.37. The molecule has 0 aromatic heterocycles. The molecule has 4 N–H and O–H groups in total. The zero-order chi connectivity index (χ0) is 9.98. The lowest BCUT2D eigenvalue weighted by atomic mass is 10.2. The van der Waals surface area contributed by atoms with Crippen LogP contribution < -0.4 is 11.5 Å². The van der Waals surface area contributed by atoms with Crippen LogP contribution in [0.1, 0.15) is 27.2 Å². The molecule has 0 rings (SSSR count). The molecule has 0 amide bonds. The first-order valence-electron chi connectivity index (χ1n) is 4.84. The highest BCUT2D eigenvalue weighted by atomic mass is 15.1. The molecule has 0 saturated heterocycles. The minimum Gasteiger partial charge on any atom is -0.329 e. The fraction of sp³-hybridized carbons (Fsp3) is 1.00. The largest absolute Gasteiger partial charge is 0.329 e. The summed E-state index contributed by atoms with van der Waals surface area (Å²) in [5.74, 6) is 0. The molecule has 0 aliphatic rings. The van der Waals surface area contributed by atoms with Gasteiger partial charge in [-0.15, -0.1) is 0 Å². The first-order chi connectivity index (χ1) is 5.70. The van der Waals surface area contributed by atoms with Gasteiger partial charge in [0.15, 0.2) is 0 Å². The molecule has 0 radical (unpaired) electrons. The second kappa shape index (κ2) is 10.9. The summed E-state index contributed by atoms with van der Waals surface area (Å²) >= 11 is 0. The Morgan fingerprint density at radius 1 is 1.33 bits per heavy atom. The van der Waals surface area contributed by atoms with E-state index >= 15 is 0 Å². The van der Waals surface area contributed by atoms with Crippen LogP contribution in [0.3, 0.4) is 0 Å². The molecule has 0 aromatic carbocycles. The van der Waals surface area contributed by atoms with Crippen LogP contribution in [0.4, 0.5) is 0 Å². The third kappa shape index (κ3) is 9.88. The number of nitrogens with two attached hydrogens (primary N) is 2. The van der Waals surface area contributed by atoms with Gasteiger partial charge in [0.1, 0.15) is 0 Å². The zero-order valence-electron chi connectivity index (χ0n) is 9.01. The van der Waals surface area contributed by atoms with Crippen molar-refractivity contribution in [1.29, 1.82) is 0 Å². The van der Waals surface area contributed by atoms with Crippen molar-refractivity contribution in [2.45, 2.75) is 33.2 Å². The minimum atomic E-state index is 0.302. The van der Waals surface area contributed by atoms with Crippen molar-refractivity contribution < 1.29 is 0 Å². The molecule has 0 aliphatic carbocycles. The summed E-state index contributed by atoms with van der Waals surface area (Å²) in [6.45, 7) is 8.70. The smallest absolute Gasteiger partial charge is 0.0165 e. The molecular formula is C9H25N3. The number of likely N-dealkylation sites (N-methyl/N-ethyl adjacent to an activating group) is 1. The summed E-state index contributed by atoms with van der Waals surface area (Å²) in [6.07, 6.45) is 1.04. The van der Waals surface area contributed by atoms with Crippen LogP contribution in [0.25, 0.3) is 0 Å². The second-order valence-corrected chi connectivity index (χ2v) is 2.72. The average molecular weight is 175 g/mol. The van der Waals surface area contributed by atoms with Crippen molar-refractivity contribution in [2.24, 2.45) is 11.5 Å². The Bertz CT molecular complexity index is 76.2. The Morgan fingerprint density at radius 2 is 1.83 bits per heavy atom. The maximum atomic E-state index is 5.72. The summed E-state index contributed by atoms with van der Waals surface area (Å²) in [7, 11) is 2.04. The van der Waals surface area contributed by atoms with Crippen LogP contribution in [0.2, 0.25) is 0 Å². The van der Waals surface area contributed by atoms with Gasteiger partial charge in [0.05, 0.1) is 0 Å². The number of hydrogen-bond acceptors (Lipinski definition) is 3. The van der Waals surface area contributed by atoms with Crippen molar-refractivity contribution in [1.82, 2.24) is 4.90 Å². The molecule has 0 aliphatic heterocycles. The lowest BCUT2D eigenvalue weighted by molar-refractivity contribution is 0.315. The molecule has 1 atom stereocenters. The number of rotatable bonds is 5. The summed E-state index contributed by atoms with van der Waals surface area (Å²) in [5.41, 5.74) is 11.1. The number of hydrogen-bond donors (Lipinski definition) is 2. The van der Waals surface area contributed by atoms with Crippen LogP contribution in [0.15, 0.2) is 0 Å². The highest BCUT2D eigenvalue weighted by molar-refractivity contribution is 4.63. The van der Waals surface area contributed by atoms with Gasteiger partial charge >= 0.3 is 0 Å². The van der Waals surface area contributed by atoms with Crippen LogP contribution in [0, 0.1) is 0 Å². The van der Waals surface area contributed by atoms with Crippen LogP contribution in [-0.4, -0.2) is 37.6 Å². The van der Waals surface area contributed by atoms with E-state index in [4.69, 9.17) is 11.5 Å². The maximum absolute atomic E-state index is 5.72. The van der Waals surface area contributed by atoms with E-state index in [0.29, 0.717) is 12.6 Å². The Morgan fingerprint density at radius 3 is 2.17 bits per heavy atom. The van der Waals surface area contributed by atoms with E-state index in [-0.39, 0.29) is 0 Å². The van der Waals surface area contributed by atoms with Gasteiger partial charge < -0.3 is 16.4 Å². The van der Waals surface area contributed by atoms with E-state index in [1.165, 1.54) is 0 Å². The minimum absolute atomic E-state index is 0.302. The zero-order valence-corrected chi connectivity index (χ0v) is 9.01. The van der Waals surface area contributed by atoms with Crippen LogP contribution >= 0.6 is 0 Å². The van der Waals surface area contributed by atoms with Crippen molar-refractivity contribution in [2.75, 3.05) is 26.7 Å². The molecule has 0 bridgehead atoms. The Balaban J connectivity index is 0. The van der Waals surface area contributed by atoms with Crippen molar-refractivity contribution in [3.8, 4) is 0 Å². The fourth-order valence-corrected chi connectivity index (χ4v) is 0.841. The lowest BCUT2D eigenvalue weighted by Gasteiger charge is -2.18. The third-order valence-electron chi connectivity index (χ3n) is 1.58. The summed E-state index contributed by atoms with van der Waals surface area (Å²) < 4.78 is 0. The summed E-state index contributed by atoms with van der Waals surface area (Å²) in [6, 6.07) is 0.302. The van der Waals surface area contributed by atoms with Gasteiger partial charge in [-0.3, -0.25) is 0 Å². The Hall–Kier alpha value is -0.120. The summed E-state index contributed by atoms with van der Waals surface area (Å²) in [5, 5.41) is 0. The molecule has 0 saturated carbocycles. The van der Waals surface area contributed by atoms with Gasteiger partial charge in [0.25, 0.3) is 0 Å².